The van der Waals surface area contributed by atoms with Crippen LogP contribution in [0, 0.1) is 0 Å². The second-order valence-corrected chi connectivity index (χ2v) is 8.62. The molecule has 1 heterocycles. The highest BCUT2D eigenvalue weighted by molar-refractivity contribution is 7.93. The molecule has 0 saturated heterocycles. The van der Waals surface area contributed by atoms with Gasteiger partial charge in [-0.25, -0.2) is 13.2 Å². The van der Waals surface area contributed by atoms with Crippen LogP contribution in [0.4, 0.5) is 5.69 Å². The van der Waals surface area contributed by atoms with Crippen molar-refractivity contribution >= 4 is 33.0 Å². The fourth-order valence-corrected chi connectivity index (χ4v) is 5.09. The van der Waals surface area contributed by atoms with Gasteiger partial charge >= 0.3 is 5.97 Å². The molecule has 1 aromatic heterocycles. The van der Waals surface area contributed by atoms with Crippen LogP contribution in [0.3, 0.4) is 0 Å². The number of methoxy groups -OCH3 is 2. The van der Waals surface area contributed by atoms with Crippen molar-refractivity contribution in [3.05, 3.63) is 40.1 Å². The van der Waals surface area contributed by atoms with Crippen molar-refractivity contribution in [3.8, 4) is 5.75 Å². The van der Waals surface area contributed by atoms with Gasteiger partial charge in [0.25, 0.3) is 10.0 Å². The molecule has 0 aliphatic heterocycles. The first-order chi connectivity index (χ1) is 12.9. The molecule has 8 heteroatoms. The van der Waals surface area contributed by atoms with Gasteiger partial charge < -0.3 is 9.47 Å². The highest BCUT2D eigenvalue weighted by Crippen LogP contribution is 2.31. The fraction of sp³-hybridized carbons (Fsp3) is 0.421. The molecule has 0 saturated carbocycles. The Kier molecular flexibility index (Phi) is 7.67. The molecule has 27 heavy (non-hydrogen) atoms. The van der Waals surface area contributed by atoms with Crippen LogP contribution in [0.5, 0.6) is 5.75 Å². The number of hydrogen-bond acceptors (Lipinski definition) is 6. The molecular formula is C19H25NO5S2. The third-order valence-electron chi connectivity index (χ3n) is 4.12. The van der Waals surface area contributed by atoms with E-state index in [4.69, 9.17) is 4.74 Å². The molecule has 1 aromatic carbocycles. The van der Waals surface area contributed by atoms with E-state index in [9.17, 15) is 13.2 Å². The number of benzene rings is 1. The summed E-state index contributed by atoms with van der Waals surface area (Å²) >= 11 is 1.02. The smallest absolute Gasteiger partial charge is 0.349 e. The number of unbranched alkanes of at least 4 members (excludes halogenated alkanes) is 3. The molecule has 0 bridgehead atoms. The molecule has 0 unspecified atom stereocenters. The maximum Gasteiger partial charge on any atom is 0.349 e. The Morgan fingerprint density at radius 3 is 2.59 bits per heavy atom. The number of rotatable bonds is 10. The number of carbonyl (C=O) groups is 1. The van der Waals surface area contributed by atoms with Crippen molar-refractivity contribution in [2.24, 2.45) is 0 Å². The number of thiophene rings is 1. The summed E-state index contributed by atoms with van der Waals surface area (Å²) in [5.41, 5.74) is 1.42. The molecule has 0 amide bonds. The lowest BCUT2D eigenvalue weighted by atomic mass is 10.1. The predicted molar refractivity (Wildman–Crippen MR) is 107 cm³/mol. The van der Waals surface area contributed by atoms with Crippen LogP contribution in [0.15, 0.2) is 34.5 Å². The summed E-state index contributed by atoms with van der Waals surface area (Å²) in [6, 6.07) is 6.81. The van der Waals surface area contributed by atoms with Gasteiger partial charge in [-0.1, -0.05) is 32.3 Å². The van der Waals surface area contributed by atoms with Gasteiger partial charge in [0.1, 0.15) is 15.5 Å². The average molecular weight is 412 g/mol. The number of ether oxygens (including phenoxy) is 2. The quantitative estimate of drug-likeness (QED) is 0.461. The Morgan fingerprint density at radius 1 is 1.15 bits per heavy atom. The van der Waals surface area contributed by atoms with Gasteiger partial charge in [0.15, 0.2) is 0 Å². The van der Waals surface area contributed by atoms with Crippen molar-refractivity contribution in [2.45, 2.75) is 43.9 Å². The standard InChI is InChI=1S/C19H25NO5S2/c1-4-5-6-7-8-14-9-10-15(16(13-14)24-2)20-27(22,23)17-11-12-26-18(17)19(21)25-3/h9-13,20H,4-8H2,1-3H3. The van der Waals surface area contributed by atoms with Gasteiger partial charge in [-0.15, -0.1) is 11.3 Å². The summed E-state index contributed by atoms with van der Waals surface area (Å²) in [6.45, 7) is 2.17. The third-order valence-corrected chi connectivity index (χ3v) is 6.55. The molecule has 0 aliphatic rings. The summed E-state index contributed by atoms with van der Waals surface area (Å²) < 4.78 is 38.0. The Hall–Kier alpha value is -2.06. The van der Waals surface area contributed by atoms with E-state index < -0.39 is 16.0 Å². The lowest BCUT2D eigenvalue weighted by molar-refractivity contribution is 0.0602. The first-order valence-corrected chi connectivity index (χ1v) is 11.1. The highest BCUT2D eigenvalue weighted by atomic mass is 32.2. The minimum atomic E-state index is -3.95. The zero-order valence-electron chi connectivity index (χ0n) is 15.8. The first kappa shape index (κ1) is 21.2. The fourth-order valence-electron chi connectivity index (χ4n) is 2.68. The van der Waals surface area contributed by atoms with Crippen molar-refractivity contribution in [1.82, 2.24) is 0 Å². The van der Waals surface area contributed by atoms with Gasteiger partial charge in [-0.05, 0) is 42.0 Å². The number of anilines is 1. The number of sulfonamides is 1. The zero-order chi connectivity index (χ0) is 19.9. The van der Waals surface area contributed by atoms with Gasteiger partial charge in [0.05, 0.1) is 19.9 Å². The van der Waals surface area contributed by atoms with Gasteiger partial charge in [-0.2, -0.15) is 0 Å². The highest BCUT2D eigenvalue weighted by Gasteiger charge is 2.25. The van der Waals surface area contributed by atoms with Crippen LogP contribution in [-0.2, 0) is 21.2 Å². The maximum absolute atomic E-state index is 12.7. The summed E-state index contributed by atoms with van der Waals surface area (Å²) in [4.78, 5) is 11.7. The molecule has 0 atom stereocenters. The molecule has 2 aromatic rings. The van der Waals surface area contributed by atoms with E-state index in [1.807, 2.05) is 12.1 Å². The van der Waals surface area contributed by atoms with E-state index in [1.165, 1.54) is 44.9 Å². The second-order valence-electron chi connectivity index (χ2n) is 6.06. The summed E-state index contributed by atoms with van der Waals surface area (Å²) in [6.07, 6.45) is 5.56. The van der Waals surface area contributed by atoms with E-state index in [0.29, 0.717) is 11.4 Å². The van der Waals surface area contributed by atoms with Crippen LogP contribution >= 0.6 is 11.3 Å². The van der Waals surface area contributed by atoms with Crippen molar-refractivity contribution in [1.29, 1.82) is 0 Å². The van der Waals surface area contributed by atoms with Crippen LogP contribution < -0.4 is 9.46 Å². The number of nitrogens with one attached hydrogen (secondary N) is 1. The summed E-state index contributed by atoms with van der Waals surface area (Å²) in [5, 5.41) is 1.54. The second kappa shape index (κ2) is 9.75. The Labute approximate surface area is 164 Å². The van der Waals surface area contributed by atoms with Crippen LogP contribution in [0.25, 0.3) is 0 Å². The Bertz CT molecular complexity index is 874. The molecular weight excluding hydrogens is 386 g/mol. The predicted octanol–water partition coefficient (Wildman–Crippen LogP) is 4.47. The first-order valence-electron chi connectivity index (χ1n) is 8.78. The molecule has 0 radical (unpaired) electrons. The monoisotopic (exact) mass is 411 g/mol. The lowest BCUT2D eigenvalue weighted by Gasteiger charge is -2.13. The SMILES string of the molecule is CCCCCCc1ccc(NS(=O)(=O)c2ccsc2C(=O)OC)c(OC)c1. The molecule has 2 rings (SSSR count). The number of hydrogen-bond donors (Lipinski definition) is 1. The average Bonchev–Trinajstić information content (AvgIpc) is 3.16. The van der Waals surface area contributed by atoms with Crippen LogP contribution in [0.1, 0.15) is 47.8 Å². The zero-order valence-corrected chi connectivity index (χ0v) is 17.4. The maximum atomic E-state index is 12.7. The summed E-state index contributed by atoms with van der Waals surface area (Å²) in [5.74, 6) is -0.235. The van der Waals surface area contributed by atoms with E-state index in [2.05, 4.69) is 16.4 Å². The lowest BCUT2D eigenvalue weighted by Crippen LogP contribution is -2.16. The van der Waals surface area contributed by atoms with E-state index in [-0.39, 0.29) is 9.77 Å². The van der Waals surface area contributed by atoms with E-state index in [1.54, 1.807) is 6.07 Å². The number of esters is 1. The van der Waals surface area contributed by atoms with Crippen LogP contribution in [0.2, 0.25) is 0 Å². The molecule has 0 fully saturated rings. The molecule has 0 spiro atoms. The van der Waals surface area contributed by atoms with Crippen molar-refractivity contribution in [3.63, 3.8) is 0 Å². The minimum Gasteiger partial charge on any atom is -0.495 e. The number of carbonyl (C=O) groups excluding carboxylic acids is 1. The minimum absolute atomic E-state index is 0.0384. The molecule has 6 nitrogen and oxygen atoms in total. The van der Waals surface area contributed by atoms with Gasteiger partial charge in [-0.3, -0.25) is 4.72 Å². The van der Waals surface area contributed by atoms with E-state index in [0.717, 1.165) is 29.7 Å². The van der Waals surface area contributed by atoms with E-state index >= 15 is 0 Å². The number of aryl methyl sites for hydroxylation is 1. The third kappa shape index (κ3) is 5.46. The normalized spacial score (nSPS) is 11.2. The van der Waals surface area contributed by atoms with Crippen molar-refractivity contribution < 1.29 is 22.7 Å². The molecule has 148 valence electrons. The van der Waals surface area contributed by atoms with Crippen molar-refractivity contribution in [2.75, 3.05) is 18.9 Å². The summed E-state index contributed by atoms with van der Waals surface area (Å²) in [7, 11) is -1.23. The Morgan fingerprint density at radius 2 is 1.93 bits per heavy atom. The topological polar surface area (TPSA) is 81.7 Å². The van der Waals surface area contributed by atoms with Gasteiger partial charge in [0.2, 0.25) is 0 Å². The van der Waals surface area contributed by atoms with Gasteiger partial charge in [0, 0.05) is 0 Å². The largest absolute Gasteiger partial charge is 0.495 e. The molecule has 1 N–H and O–H groups in total. The van der Waals surface area contributed by atoms with Crippen LogP contribution in [-0.4, -0.2) is 28.6 Å². The Balaban J connectivity index is 2.21. The molecule has 0 aliphatic carbocycles.